The molecule has 0 N–H and O–H groups in total. The standard InChI is InChI=1S/C14H16ClNO2/c15-12-5-2-1-4-11(12)13(17)16-8-9-18-10-14(16)6-3-7-14/h1-2,4-5H,3,6-10H2. The predicted molar refractivity (Wildman–Crippen MR) is 69.9 cm³/mol. The molecule has 2 fully saturated rings. The molecule has 1 aromatic rings. The van der Waals surface area contributed by atoms with E-state index in [9.17, 15) is 4.79 Å². The minimum atomic E-state index is -0.0610. The topological polar surface area (TPSA) is 29.5 Å². The lowest BCUT2D eigenvalue weighted by Gasteiger charge is -2.52. The molecule has 0 unspecified atom stereocenters. The van der Waals surface area contributed by atoms with Crippen LogP contribution in [0, 0.1) is 0 Å². The highest BCUT2D eigenvalue weighted by Gasteiger charge is 2.47. The zero-order valence-electron chi connectivity index (χ0n) is 10.2. The molecule has 3 rings (SSSR count). The number of carbonyl (C=O) groups excluding carboxylic acids is 1. The normalized spacial score (nSPS) is 21.7. The third-order valence-electron chi connectivity index (χ3n) is 4.04. The van der Waals surface area contributed by atoms with Gasteiger partial charge in [-0.15, -0.1) is 0 Å². The van der Waals surface area contributed by atoms with Crippen LogP contribution in [0.1, 0.15) is 29.6 Å². The van der Waals surface area contributed by atoms with Crippen molar-refractivity contribution in [1.82, 2.24) is 4.90 Å². The lowest BCUT2D eigenvalue weighted by atomic mass is 9.75. The van der Waals surface area contributed by atoms with Gasteiger partial charge in [-0.3, -0.25) is 4.79 Å². The van der Waals surface area contributed by atoms with Crippen LogP contribution in [0.5, 0.6) is 0 Å². The summed E-state index contributed by atoms with van der Waals surface area (Å²) in [5, 5.41) is 0.531. The molecule has 3 nitrogen and oxygen atoms in total. The van der Waals surface area contributed by atoms with Crippen LogP contribution in [0.15, 0.2) is 24.3 Å². The Morgan fingerprint density at radius 3 is 2.78 bits per heavy atom. The first-order valence-electron chi connectivity index (χ1n) is 6.37. The van der Waals surface area contributed by atoms with Crippen LogP contribution < -0.4 is 0 Å². The lowest BCUT2D eigenvalue weighted by molar-refractivity contribution is -0.0877. The first kappa shape index (κ1) is 12.0. The number of morpholine rings is 1. The largest absolute Gasteiger partial charge is 0.377 e. The molecule has 1 saturated heterocycles. The number of carbonyl (C=O) groups is 1. The highest BCUT2D eigenvalue weighted by Crippen LogP contribution is 2.40. The molecule has 1 spiro atoms. The molecule has 0 aromatic heterocycles. The first-order valence-corrected chi connectivity index (χ1v) is 6.75. The molecule has 1 aliphatic carbocycles. The van der Waals surface area contributed by atoms with Crippen molar-refractivity contribution in [2.24, 2.45) is 0 Å². The van der Waals surface area contributed by atoms with E-state index in [2.05, 4.69) is 0 Å². The second-order valence-electron chi connectivity index (χ2n) is 5.07. The summed E-state index contributed by atoms with van der Waals surface area (Å²) in [7, 11) is 0. The van der Waals surface area contributed by atoms with E-state index in [4.69, 9.17) is 16.3 Å². The highest BCUT2D eigenvalue weighted by atomic mass is 35.5. The second-order valence-corrected chi connectivity index (χ2v) is 5.47. The van der Waals surface area contributed by atoms with Crippen molar-refractivity contribution in [3.05, 3.63) is 34.9 Å². The minimum Gasteiger partial charge on any atom is -0.377 e. The van der Waals surface area contributed by atoms with Gasteiger partial charge in [0, 0.05) is 6.54 Å². The average Bonchev–Trinajstić information content (AvgIpc) is 2.36. The number of benzene rings is 1. The molecule has 1 heterocycles. The maximum Gasteiger partial charge on any atom is 0.255 e. The number of rotatable bonds is 1. The van der Waals surface area contributed by atoms with Gasteiger partial charge in [-0.2, -0.15) is 0 Å². The van der Waals surface area contributed by atoms with Crippen LogP contribution in [0.3, 0.4) is 0 Å². The quantitative estimate of drug-likeness (QED) is 0.781. The van der Waals surface area contributed by atoms with Gasteiger partial charge in [-0.25, -0.2) is 0 Å². The van der Waals surface area contributed by atoms with Gasteiger partial charge >= 0.3 is 0 Å². The number of hydrogen-bond donors (Lipinski definition) is 0. The van der Waals surface area contributed by atoms with Crippen LogP contribution in [-0.4, -0.2) is 36.1 Å². The molecule has 1 amide bonds. The Hall–Kier alpha value is -1.06. The molecular weight excluding hydrogens is 250 g/mol. The Kier molecular flexibility index (Phi) is 3.04. The number of hydrogen-bond acceptors (Lipinski definition) is 2. The van der Waals surface area contributed by atoms with E-state index in [1.54, 1.807) is 12.1 Å². The molecule has 1 aliphatic heterocycles. The van der Waals surface area contributed by atoms with Gasteiger partial charge in [0.2, 0.25) is 0 Å². The Morgan fingerprint density at radius 2 is 2.11 bits per heavy atom. The first-order chi connectivity index (χ1) is 8.73. The van der Waals surface area contributed by atoms with E-state index in [0.717, 1.165) is 12.8 Å². The fraction of sp³-hybridized carbons (Fsp3) is 0.500. The fourth-order valence-electron chi connectivity index (χ4n) is 2.83. The van der Waals surface area contributed by atoms with Crippen LogP contribution in [0.4, 0.5) is 0 Å². The lowest BCUT2D eigenvalue weighted by Crippen LogP contribution is -2.62. The van der Waals surface area contributed by atoms with E-state index < -0.39 is 0 Å². The van der Waals surface area contributed by atoms with Crippen molar-refractivity contribution in [3.8, 4) is 0 Å². The van der Waals surface area contributed by atoms with Crippen LogP contribution in [0.25, 0.3) is 0 Å². The number of amides is 1. The third kappa shape index (κ3) is 1.82. The summed E-state index contributed by atoms with van der Waals surface area (Å²) in [5.41, 5.74) is 0.543. The SMILES string of the molecule is O=C(c1ccccc1Cl)N1CCOCC12CCC2. The number of ether oxygens (including phenoxy) is 1. The monoisotopic (exact) mass is 265 g/mol. The van der Waals surface area contributed by atoms with Crippen LogP contribution in [-0.2, 0) is 4.74 Å². The Bertz CT molecular complexity index is 471. The zero-order chi connectivity index (χ0) is 12.6. The maximum absolute atomic E-state index is 12.6. The van der Waals surface area contributed by atoms with E-state index in [0.29, 0.717) is 30.3 Å². The smallest absolute Gasteiger partial charge is 0.255 e. The summed E-state index contributed by atoms with van der Waals surface area (Å²) in [6.07, 6.45) is 3.27. The zero-order valence-corrected chi connectivity index (χ0v) is 10.9. The Labute approximate surface area is 112 Å². The summed E-state index contributed by atoms with van der Waals surface area (Å²) in [6, 6.07) is 7.26. The molecule has 0 radical (unpaired) electrons. The van der Waals surface area contributed by atoms with Gasteiger partial charge in [0.1, 0.15) is 0 Å². The van der Waals surface area contributed by atoms with Crippen molar-refractivity contribution in [3.63, 3.8) is 0 Å². The number of nitrogens with zero attached hydrogens (tertiary/aromatic N) is 1. The summed E-state index contributed by atoms with van der Waals surface area (Å²) >= 11 is 6.11. The van der Waals surface area contributed by atoms with E-state index in [-0.39, 0.29) is 11.4 Å². The molecular formula is C14H16ClNO2. The average molecular weight is 266 g/mol. The molecule has 96 valence electrons. The fourth-order valence-corrected chi connectivity index (χ4v) is 3.05. The molecule has 18 heavy (non-hydrogen) atoms. The van der Waals surface area contributed by atoms with Gasteiger partial charge in [-0.05, 0) is 31.4 Å². The Morgan fingerprint density at radius 1 is 1.33 bits per heavy atom. The molecule has 2 aliphatic rings. The second kappa shape index (κ2) is 4.56. The Balaban J connectivity index is 1.89. The predicted octanol–water partition coefficient (Wildman–Crippen LogP) is 2.74. The molecule has 1 saturated carbocycles. The summed E-state index contributed by atoms with van der Waals surface area (Å²) in [4.78, 5) is 14.6. The van der Waals surface area contributed by atoms with Gasteiger partial charge < -0.3 is 9.64 Å². The van der Waals surface area contributed by atoms with Crippen LogP contribution >= 0.6 is 11.6 Å². The van der Waals surface area contributed by atoms with E-state index in [1.165, 1.54) is 6.42 Å². The molecule has 1 aromatic carbocycles. The van der Waals surface area contributed by atoms with Crippen molar-refractivity contribution in [2.75, 3.05) is 19.8 Å². The van der Waals surface area contributed by atoms with Gasteiger partial charge in [0.25, 0.3) is 5.91 Å². The minimum absolute atomic E-state index is 0.0450. The van der Waals surface area contributed by atoms with E-state index >= 15 is 0 Å². The summed E-state index contributed by atoms with van der Waals surface area (Å²) in [5.74, 6) is 0.0450. The third-order valence-corrected chi connectivity index (χ3v) is 4.37. The van der Waals surface area contributed by atoms with Crippen molar-refractivity contribution in [1.29, 1.82) is 0 Å². The maximum atomic E-state index is 12.6. The van der Waals surface area contributed by atoms with Crippen molar-refractivity contribution in [2.45, 2.75) is 24.8 Å². The van der Waals surface area contributed by atoms with Gasteiger partial charge in [0.15, 0.2) is 0 Å². The number of halogens is 1. The van der Waals surface area contributed by atoms with Gasteiger partial charge in [0.05, 0.1) is 29.3 Å². The molecule has 0 atom stereocenters. The van der Waals surface area contributed by atoms with Crippen molar-refractivity contribution >= 4 is 17.5 Å². The molecule has 4 heteroatoms. The van der Waals surface area contributed by atoms with Crippen LogP contribution in [0.2, 0.25) is 5.02 Å². The van der Waals surface area contributed by atoms with Gasteiger partial charge in [-0.1, -0.05) is 23.7 Å². The van der Waals surface area contributed by atoms with Crippen molar-refractivity contribution < 1.29 is 9.53 Å². The summed E-state index contributed by atoms with van der Waals surface area (Å²) < 4.78 is 5.55. The highest BCUT2D eigenvalue weighted by molar-refractivity contribution is 6.33. The summed E-state index contributed by atoms with van der Waals surface area (Å²) in [6.45, 7) is 1.96. The van der Waals surface area contributed by atoms with E-state index in [1.807, 2.05) is 17.0 Å². The molecule has 0 bridgehead atoms.